The zero-order valence-electron chi connectivity index (χ0n) is 6.46. The Morgan fingerprint density at radius 2 is 2.33 bits per heavy atom. The van der Waals surface area contributed by atoms with Crippen molar-refractivity contribution in [3.8, 4) is 5.75 Å². The lowest BCUT2D eigenvalue weighted by atomic mass is 10.4. The van der Waals surface area contributed by atoms with Crippen LogP contribution in [0.15, 0.2) is 18.5 Å². The van der Waals surface area contributed by atoms with Crippen molar-refractivity contribution in [2.24, 2.45) is 0 Å². The van der Waals surface area contributed by atoms with Crippen molar-refractivity contribution in [2.45, 2.75) is 6.42 Å². The number of pyridine rings is 1. The molecule has 12 heavy (non-hydrogen) atoms. The van der Waals surface area contributed by atoms with E-state index in [9.17, 15) is 0 Å². The Balaban J connectivity index is 2.41. The molecule has 0 aliphatic heterocycles. The molecule has 0 unspecified atom stereocenters. The van der Waals surface area contributed by atoms with Crippen LogP contribution in [0.3, 0.4) is 0 Å². The van der Waals surface area contributed by atoms with Gasteiger partial charge in [0.25, 0.3) is 0 Å². The zero-order chi connectivity index (χ0) is 8.81. The molecule has 0 spiro atoms. The average Bonchev–Trinajstić information content (AvgIpc) is 2.05. The summed E-state index contributed by atoms with van der Waals surface area (Å²) in [5.74, 6) is 0.725. The quantitative estimate of drug-likeness (QED) is 0.605. The smallest absolute Gasteiger partial charge is 0.139 e. The molecule has 0 aromatic carbocycles. The van der Waals surface area contributed by atoms with Crippen molar-refractivity contribution in [3.05, 3.63) is 23.5 Å². The summed E-state index contributed by atoms with van der Waals surface area (Å²) in [5, 5.41) is 1.55. The van der Waals surface area contributed by atoms with Gasteiger partial charge in [0.1, 0.15) is 5.75 Å². The SMILES string of the molecule is Clc1cncc(OCCCBr)c1. The maximum Gasteiger partial charge on any atom is 0.139 e. The van der Waals surface area contributed by atoms with E-state index in [2.05, 4.69) is 20.9 Å². The van der Waals surface area contributed by atoms with Crippen molar-refractivity contribution in [3.63, 3.8) is 0 Å². The van der Waals surface area contributed by atoms with Crippen molar-refractivity contribution in [1.29, 1.82) is 0 Å². The first-order valence-corrected chi connectivity index (χ1v) is 5.12. The van der Waals surface area contributed by atoms with Crippen LogP contribution in [-0.2, 0) is 0 Å². The van der Waals surface area contributed by atoms with Crippen molar-refractivity contribution < 1.29 is 4.74 Å². The molecule has 0 bridgehead atoms. The molecule has 0 saturated carbocycles. The summed E-state index contributed by atoms with van der Waals surface area (Å²) in [6, 6.07) is 1.75. The van der Waals surface area contributed by atoms with E-state index in [0.717, 1.165) is 17.5 Å². The van der Waals surface area contributed by atoms with Gasteiger partial charge in [0.05, 0.1) is 17.8 Å². The summed E-state index contributed by atoms with van der Waals surface area (Å²) < 4.78 is 5.35. The molecule has 0 fully saturated rings. The van der Waals surface area contributed by atoms with Gasteiger partial charge in [-0.2, -0.15) is 0 Å². The minimum atomic E-state index is 0.603. The van der Waals surface area contributed by atoms with Gasteiger partial charge in [0.15, 0.2) is 0 Å². The van der Waals surface area contributed by atoms with E-state index in [4.69, 9.17) is 16.3 Å². The fourth-order valence-electron chi connectivity index (χ4n) is 0.716. The molecule has 0 atom stereocenters. The minimum absolute atomic E-state index is 0.603. The fraction of sp³-hybridized carbons (Fsp3) is 0.375. The van der Waals surface area contributed by atoms with Gasteiger partial charge in [0.2, 0.25) is 0 Å². The predicted molar refractivity (Wildman–Crippen MR) is 53.2 cm³/mol. The van der Waals surface area contributed by atoms with E-state index >= 15 is 0 Å². The first-order chi connectivity index (χ1) is 5.83. The summed E-state index contributed by atoms with van der Waals surface area (Å²) in [6.07, 6.45) is 4.21. The Kier molecular flexibility index (Phi) is 4.40. The highest BCUT2D eigenvalue weighted by Gasteiger charge is 1.94. The first kappa shape index (κ1) is 9.81. The lowest BCUT2D eigenvalue weighted by Crippen LogP contribution is -1.97. The lowest BCUT2D eigenvalue weighted by molar-refractivity contribution is 0.318. The van der Waals surface area contributed by atoms with Gasteiger partial charge < -0.3 is 4.74 Å². The molecule has 0 N–H and O–H groups in total. The second kappa shape index (κ2) is 5.38. The normalized spacial score (nSPS) is 9.83. The molecule has 0 aliphatic carbocycles. The second-order valence-electron chi connectivity index (χ2n) is 2.23. The molecule has 1 aromatic rings. The molecule has 1 rings (SSSR count). The highest BCUT2D eigenvalue weighted by atomic mass is 79.9. The van der Waals surface area contributed by atoms with E-state index < -0.39 is 0 Å². The Bertz CT molecular complexity index is 244. The van der Waals surface area contributed by atoms with Crippen molar-refractivity contribution in [2.75, 3.05) is 11.9 Å². The molecular weight excluding hydrogens is 241 g/mol. The van der Waals surface area contributed by atoms with Gasteiger partial charge in [-0.15, -0.1) is 0 Å². The third-order valence-corrected chi connectivity index (χ3v) is 1.99. The molecule has 0 saturated heterocycles. The van der Waals surface area contributed by atoms with Gasteiger partial charge in [-0.3, -0.25) is 4.98 Å². The third-order valence-electron chi connectivity index (χ3n) is 1.23. The predicted octanol–water partition coefficient (Wildman–Crippen LogP) is 2.90. The van der Waals surface area contributed by atoms with Crippen LogP contribution in [0, 0.1) is 0 Å². The van der Waals surface area contributed by atoms with Gasteiger partial charge >= 0.3 is 0 Å². The maximum absolute atomic E-state index is 5.71. The van der Waals surface area contributed by atoms with Crippen LogP contribution < -0.4 is 4.74 Å². The summed E-state index contributed by atoms with van der Waals surface area (Å²) in [4.78, 5) is 3.89. The van der Waals surface area contributed by atoms with E-state index in [1.165, 1.54) is 0 Å². The van der Waals surface area contributed by atoms with E-state index in [0.29, 0.717) is 11.6 Å². The fourth-order valence-corrected chi connectivity index (χ4v) is 1.11. The molecule has 66 valence electrons. The van der Waals surface area contributed by atoms with E-state index in [1.807, 2.05) is 0 Å². The highest BCUT2D eigenvalue weighted by molar-refractivity contribution is 9.09. The van der Waals surface area contributed by atoms with E-state index in [-0.39, 0.29) is 0 Å². The highest BCUT2D eigenvalue weighted by Crippen LogP contribution is 2.15. The maximum atomic E-state index is 5.71. The topological polar surface area (TPSA) is 22.1 Å². The zero-order valence-corrected chi connectivity index (χ0v) is 8.81. The third kappa shape index (κ3) is 3.41. The van der Waals surface area contributed by atoms with Gasteiger partial charge in [0, 0.05) is 17.6 Å². The summed E-state index contributed by atoms with van der Waals surface area (Å²) in [7, 11) is 0. The van der Waals surface area contributed by atoms with E-state index in [1.54, 1.807) is 18.5 Å². The number of rotatable bonds is 4. The Hall–Kier alpha value is -0.280. The summed E-state index contributed by atoms with van der Waals surface area (Å²) in [6.45, 7) is 0.688. The first-order valence-electron chi connectivity index (χ1n) is 3.62. The van der Waals surface area contributed by atoms with Gasteiger partial charge in [-0.05, 0) is 6.42 Å². The Labute approximate surface area is 85.0 Å². The molecule has 2 nitrogen and oxygen atoms in total. The molecule has 0 amide bonds. The second-order valence-corrected chi connectivity index (χ2v) is 3.46. The van der Waals surface area contributed by atoms with Gasteiger partial charge in [-0.1, -0.05) is 27.5 Å². The molecule has 1 aromatic heterocycles. The number of hydrogen-bond acceptors (Lipinski definition) is 2. The Morgan fingerprint density at radius 1 is 1.50 bits per heavy atom. The number of alkyl halides is 1. The van der Waals surface area contributed by atoms with Crippen LogP contribution in [0.5, 0.6) is 5.75 Å². The van der Waals surface area contributed by atoms with Crippen LogP contribution in [0.2, 0.25) is 5.02 Å². The molecule has 1 heterocycles. The molecule has 0 radical (unpaired) electrons. The van der Waals surface area contributed by atoms with Crippen molar-refractivity contribution >= 4 is 27.5 Å². The number of hydrogen-bond donors (Lipinski definition) is 0. The summed E-state index contributed by atoms with van der Waals surface area (Å²) >= 11 is 9.02. The lowest BCUT2D eigenvalue weighted by Gasteiger charge is -2.03. The van der Waals surface area contributed by atoms with Crippen LogP contribution in [0.25, 0.3) is 0 Å². The van der Waals surface area contributed by atoms with Crippen LogP contribution >= 0.6 is 27.5 Å². The van der Waals surface area contributed by atoms with Crippen LogP contribution in [-0.4, -0.2) is 16.9 Å². The molecule has 4 heteroatoms. The largest absolute Gasteiger partial charge is 0.492 e. The number of ether oxygens (including phenoxy) is 1. The number of nitrogens with zero attached hydrogens (tertiary/aromatic N) is 1. The van der Waals surface area contributed by atoms with Gasteiger partial charge in [-0.25, -0.2) is 0 Å². The standard InChI is InChI=1S/C8H9BrClNO/c9-2-1-3-12-8-4-7(10)5-11-6-8/h4-6H,1-3H2. The van der Waals surface area contributed by atoms with Crippen molar-refractivity contribution in [1.82, 2.24) is 4.98 Å². The Morgan fingerprint density at radius 3 is 3.00 bits per heavy atom. The summed E-state index contributed by atoms with van der Waals surface area (Å²) in [5.41, 5.74) is 0. The average molecular weight is 251 g/mol. The minimum Gasteiger partial charge on any atom is -0.492 e. The van der Waals surface area contributed by atoms with Crippen LogP contribution in [0.4, 0.5) is 0 Å². The monoisotopic (exact) mass is 249 g/mol. The van der Waals surface area contributed by atoms with Crippen LogP contribution in [0.1, 0.15) is 6.42 Å². The molecular formula is C8H9BrClNO. The molecule has 0 aliphatic rings. The number of halogens is 2. The number of aromatic nitrogens is 1.